The first-order chi connectivity index (χ1) is 19.9. The first-order valence-corrected chi connectivity index (χ1v) is 14.7. The van der Waals surface area contributed by atoms with Gasteiger partial charge in [-0.2, -0.15) is 0 Å². The Hall–Kier alpha value is -3.56. The van der Waals surface area contributed by atoms with Crippen molar-refractivity contribution in [2.75, 3.05) is 52.6 Å². The van der Waals surface area contributed by atoms with Gasteiger partial charge in [0.1, 0.15) is 17.6 Å². The van der Waals surface area contributed by atoms with E-state index in [1.807, 2.05) is 51.1 Å². The van der Waals surface area contributed by atoms with Crippen LogP contribution in [-0.4, -0.2) is 85.3 Å². The zero-order chi connectivity index (χ0) is 28.9. The summed E-state index contributed by atoms with van der Waals surface area (Å²) in [6.45, 7) is 11.1. The SMILES string of the molecule is CCCOc1ccc(C2/C(=C(/O)c3ccc4c(c3)CC(C)O4)C(=O)C(=O)N2CCCN2CCOCC2)cc1OCC. The number of ether oxygens (including phenoxy) is 4. The van der Waals surface area contributed by atoms with E-state index in [2.05, 4.69) is 4.90 Å². The highest BCUT2D eigenvalue weighted by Gasteiger charge is 2.46. The molecule has 0 spiro atoms. The molecule has 2 atom stereocenters. The van der Waals surface area contributed by atoms with Crippen LogP contribution < -0.4 is 14.2 Å². The van der Waals surface area contributed by atoms with E-state index >= 15 is 0 Å². The third-order valence-electron chi connectivity index (χ3n) is 7.73. The maximum atomic E-state index is 13.6. The lowest BCUT2D eigenvalue weighted by atomic mass is 9.94. The van der Waals surface area contributed by atoms with Crippen LogP contribution in [0.2, 0.25) is 0 Å². The van der Waals surface area contributed by atoms with Crippen LogP contribution in [0.4, 0.5) is 0 Å². The average molecular weight is 565 g/mol. The number of amides is 1. The van der Waals surface area contributed by atoms with Crippen molar-refractivity contribution in [3.8, 4) is 17.2 Å². The Morgan fingerprint density at radius 2 is 1.83 bits per heavy atom. The van der Waals surface area contributed by atoms with E-state index in [0.29, 0.717) is 68.4 Å². The summed E-state index contributed by atoms with van der Waals surface area (Å²) >= 11 is 0. The Morgan fingerprint density at radius 3 is 2.59 bits per heavy atom. The number of rotatable bonds is 11. The molecule has 2 aromatic carbocycles. The summed E-state index contributed by atoms with van der Waals surface area (Å²) in [4.78, 5) is 30.9. The number of aliphatic hydroxyl groups is 1. The van der Waals surface area contributed by atoms with Gasteiger partial charge in [-0.15, -0.1) is 0 Å². The van der Waals surface area contributed by atoms with Crippen LogP contribution in [0.1, 0.15) is 56.3 Å². The molecule has 3 heterocycles. The molecule has 2 aromatic rings. The van der Waals surface area contributed by atoms with Crippen molar-refractivity contribution in [2.45, 2.75) is 52.2 Å². The molecule has 3 aliphatic heterocycles. The van der Waals surface area contributed by atoms with E-state index in [9.17, 15) is 14.7 Å². The van der Waals surface area contributed by atoms with Crippen LogP contribution in [0, 0.1) is 0 Å². The molecule has 220 valence electrons. The number of likely N-dealkylation sites (tertiary alicyclic amines) is 1. The van der Waals surface area contributed by atoms with Crippen LogP contribution in [0.15, 0.2) is 42.0 Å². The fourth-order valence-electron chi connectivity index (χ4n) is 5.77. The van der Waals surface area contributed by atoms with Crippen molar-refractivity contribution < 1.29 is 33.6 Å². The van der Waals surface area contributed by atoms with Crippen LogP contribution in [-0.2, 0) is 20.7 Å². The number of ketones is 1. The summed E-state index contributed by atoms with van der Waals surface area (Å²) in [5.74, 6) is 0.443. The van der Waals surface area contributed by atoms with E-state index in [0.717, 1.165) is 37.4 Å². The molecule has 2 saturated heterocycles. The highest BCUT2D eigenvalue weighted by molar-refractivity contribution is 6.46. The molecule has 0 radical (unpaired) electrons. The number of benzene rings is 2. The number of hydrogen-bond donors (Lipinski definition) is 1. The summed E-state index contributed by atoms with van der Waals surface area (Å²) < 4.78 is 23.1. The normalized spacial score (nSPS) is 22.1. The topological polar surface area (TPSA) is 97.8 Å². The highest BCUT2D eigenvalue weighted by atomic mass is 16.5. The van der Waals surface area contributed by atoms with Gasteiger partial charge in [0.15, 0.2) is 11.5 Å². The van der Waals surface area contributed by atoms with Gasteiger partial charge in [0.2, 0.25) is 0 Å². The summed E-state index contributed by atoms with van der Waals surface area (Å²) in [7, 11) is 0. The van der Waals surface area contributed by atoms with E-state index in [-0.39, 0.29) is 17.4 Å². The summed E-state index contributed by atoms with van der Waals surface area (Å²) in [5.41, 5.74) is 2.22. The first kappa shape index (κ1) is 29.0. The van der Waals surface area contributed by atoms with Gasteiger partial charge >= 0.3 is 0 Å². The van der Waals surface area contributed by atoms with Gasteiger partial charge in [-0.3, -0.25) is 14.5 Å². The quantitative estimate of drug-likeness (QED) is 0.245. The van der Waals surface area contributed by atoms with Crippen molar-refractivity contribution in [1.29, 1.82) is 0 Å². The van der Waals surface area contributed by atoms with Crippen molar-refractivity contribution in [2.24, 2.45) is 0 Å². The van der Waals surface area contributed by atoms with Crippen molar-refractivity contribution in [3.05, 3.63) is 58.7 Å². The van der Waals surface area contributed by atoms with E-state index in [1.54, 1.807) is 11.0 Å². The molecule has 0 bridgehead atoms. The molecule has 0 saturated carbocycles. The zero-order valence-corrected chi connectivity index (χ0v) is 24.2. The Kier molecular flexibility index (Phi) is 9.15. The summed E-state index contributed by atoms with van der Waals surface area (Å²) in [6.07, 6.45) is 2.30. The van der Waals surface area contributed by atoms with Crippen molar-refractivity contribution in [3.63, 3.8) is 0 Å². The molecule has 3 aliphatic rings. The van der Waals surface area contributed by atoms with Gasteiger partial charge in [0.05, 0.1) is 38.0 Å². The molecule has 1 amide bonds. The smallest absolute Gasteiger partial charge is 0.295 e. The largest absolute Gasteiger partial charge is 0.507 e. The van der Waals surface area contributed by atoms with Gasteiger partial charge in [-0.05, 0) is 68.1 Å². The minimum absolute atomic E-state index is 0.0462. The van der Waals surface area contributed by atoms with E-state index < -0.39 is 17.7 Å². The molecular weight excluding hydrogens is 524 g/mol. The lowest BCUT2D eigenvalue weighted by Crippen LogP contribution is -2.39. The molecule has 9 heteroatoms. The zero-order valence-electron chi connectivity index (χ0n) is 24.2. The number of Topliss-reactive ketones (excluding diaryl/α,β-unsaturated/α-hetero) is 1. The van der Waals surface area contributed by atoms with Crippen LogP contribution in [0.3, 0.4) is 0 Å². The van der Waals surface area contributed by atoms with Crippen LogP contribution in [0.25, 0.3) is 5.76 Å². The lowest BCUT2D eigenvalue weighted by Gasteiger charge is -2.29. The van der Waals surface area contributed by atoms with Gasteiger partial charge in [-0.1, -0.05) is 13.0 Å². The molecule has 5 rings (SSSR count). The lowest BCUT2D eigenvalue weighted by molar-refractivity contribution is -0.140. The standard InChI is InChI=1S/C32H40N2O7/c1-4-15-40-26-10-7-22(20-27(26)39-5-2)29-28(30(35)23-8-9-25-24(19-23)18-21(3)41-25)31(36)32(37)34(29)12-6-11-33-13-16-38-17-14-33/h7-10,19-21,29,35H,4-6,11-18H2,1-3H3/b30-28-. The second kappa shape index (κ2) is 13.0. The van der Waals surface area contributed by atoms with Gasteiger partial charge in [0, 0.05) is 38.2 Å². The fourth-order valence-corrected chi connectivity index (χ4v) is 5.77. The first-order valence-electron chi connectivity index (χ1n) is 14.7. The van der Waals surface area contributed by atoms with Crippen molar-refractivity contribution >= 4 is 17.4 Å². The predicted molar refractivity (Wildman–Crippen MR) is 155 cm³/mol. The Morgan fingerprint density at radius 1 is 1.02 bits per heavy atom. The number of fused-ring (bicyclic) bond motifs is 1. The van der Waals surface area contributed by atoms with Gasteiger partial charge in [0.25, 0.3) is 11.7 Å². The molecule has 9 nitrogen and oxygen atoms in total. The number of carbonyl (C=O) groups is 2. The minimum Gasteiger partial charge on any atom is -0.507 e. The molecule has 1 N–H and O–H groups in total. The highest BCUT2D eigenvalue weighted by Crippen LogP contribution is 2.43. The van der Waals surface area contributed by atoms with E-state index in [1.165, 1.54) is 0 Å². The maximum Gasteiger partial charge on any atom is 0.295 e. The van der Waals surface area contributed by atoms with Gasteiger partial charge < -0.3 is 29.0 Å². The second-order valence-electron chi connectivity index (χ2n) is 10.7. The van der Waals surface area contributed by atoms with Crippen LogP contribution in [0.5, 0.6) is 17.2 Å². The molecule has 0 aromatic heterocycles. The Labute approximate surface area is 241 Å². The molecule has 2 fully saturated rings. The summed E-state index contributed by atoms with van der Waals surface area (Å²) in [5, 5.41) is 11.6. The summed E-state index contributed by atoms with van der Waals surface area (Å²) in [6, 6.07) is 10.1. The molecule has 0 aliphatic carbocycles. The minimum atomic E-state index is -0.762. The van der Waals surface area contributed by atoms with Gasteiger partial charge in [-0.25, -0.2) is 0 Å². The number of nitrogens with zero attached hydrogens (tertiary/aromatic N) is 2. The number of morpholine rings is 1. The Balaban J connectivity index is 1.52. The van der Waals surface area contributed by atoms with Crippen LogP contribution >= 0.6 is 0 Å². The molecular formula is C32H40N2O7. The second-order valence-corrected chi connectivity index (χ2v) is 10.7. The molecule has 2 unspecified atom stereocenters. The maximum absolute atomic E-state index is 13.6. The number of aliphatic hydroxyl groups excluding tert-OH is 1. The van der Waals surface area contributed by atoms with E-state index in [4.69, 9.17) is 18.9 Å². The fraction of sp³-hybridized carbons (Fsp3) is 0.500. The Bertz CT molecular complexity index is 1300. The predicted octanol–water partition coefficient (Wildman–Crippen LogP) is 4.34. The molecule has 41 heavy (non-hydrogen) atoms. The number of hydrogen-bond acceptors (Lipinski definition) is 8. The average Bonchev–Trinajstić information content (AvgIpc) is 3.48. The van der Waals surface area contributed by atoms with Crippen molar-refractivity contribution in [1.82, 2.24) is 9.80 Å². The monoisotopic (exact) mass is 564 g/mol. The number of carbonyl (C=O) groups excluding carboxylic acids is 2. The third-order valence-corrected chi connectivity index (χ3v) is 7.73. The third kappa shape index (κ3) is 6.21.